The fourth-order valence-electron chi connectivity index (χ4n) is 0.381. The summed E-state index contributed by atoms with van der Waals surface area (Å²) in [6.07, 6.45) is 0. The van der Waals surface area contributed by atoms with Crippen molar-refractivity contribution in [3.8, 4) is 0 Å². The van der Waals surface area contributed by atoms with Crippen molar-refractivity contribution >= 4 is 44.5 Å². The molecular formula is C4H8N2O3S3. The van der Waals surface area contributed by atoms with Gasteiger partial charge < -0.3 is 11.1 Å². The first-order valence-corrected chi connectivity index (χ1v) is 5.28. The van der Waals surface area contributed by atoms with Crippen LogP contribution in [0.3, 0.4) is 0 Å². The highest BCUT2D eigenvalue weighted by atomic mass is 32.2. The van der Waals surface area contributed by atoms with Crippen LogP contribution in [0.5, 0.6) is 0 Å². The molecule has 0 saturated carbocycles. The third kappa shape index (κ3) is 6.40. The average Bonchev–Trinajstić information content (AvgIpc) is 1.84. The van der Waals surface area contributed by atoms with Gasteiger partial charge in [-0.15, -0.1) is 0 Å². The summed E-state index contributed by atoms with van der Waals surface area (Å²) in [6, 6.07) is 0. The molecule has 0 amide bonds. The molecule has 8 heteroatoms. The number of hydrogen-bond acceptors (Lipinski definition) is 4. The van der Waals surface area contributed by atoms with E-state index in [-0.39, 0.29) is 16.5 Å². The van der Waals surface area contributed by atoms with Crippen LogP contribution < -0.4 is 11.1 Å². The van der Waals surface area contributed by atoms with Crippen molar-refractivity contribution in [1.82, 2.24) is 5.32 Å². The predicted octanol–water partition coefficient (Wildman–Crippen LogP) is -0.923. The van der Waals surface area contributed by atoms with Crippen LogP contribution in [0.25, 0.3) is 0 Å². The number of nitrogens with two attached hydrogens (primary N) is 1. The van der Waals surface area contributed by atoms with Gasteiger partial charge in [0, 0.05) is 6.54 Å². The Morgan fingerprint density at radius 1 is 1.50 bits per heavy atom. The van der Waals surface area contributed by atoms with Gasteiger partial charge in [0.05, 0.1) is 5.75 Å². The van der Waals surface area contributed by atoms with Crippen molar-refractivity contribution in [3.63, 3.8) is 0 Å². The summed E-state index contributed by atoms with van der Waals surface area (Å²) in [5, 5.41) is 2.46. The van der Waals surface area contributed by atoms with E-state index in [2.05, 4.69) is 29.8 Å². The normalized spacial score (nSPS) is 10.8. The molecule has 0 aromatic rings. The molecule has 0 heterocycles. The van der Waals surface area contributed by atoms with Crippen LogP contribution in [0.4, 0.5) is 0 Å². The van der Waals surface area contributed by atoms with Gasteiger partial charge in [0.1, 0.15) is 9.98 Å². The molecule has 5 nitrogen and oxygen atoms in total. The van der Waals surface area contributed by atoms with E-state index in [1.807, 2.05) is 0 Å². The minimum absolute atomic E-state index is 0.000313. The summed E-state index contributed by atoms with van der Waals surface area (Å²) in [7, 11) is -3.95. The van der Waals surface area contributed by atoms with E-state index < -0.39 is 15.9 Å². The molecule has 4 N–H and O–H groups in total. The first-order valence-electron chi connectivity index (χ1n) is 2.86. The maximum Gasteiger partial charge on any atom is 0.266 e. The molecule has 0 aliphatic carbocycles. The van der Waals surface area contributed by atoms with E-state index in [0.29, 0.717) is 0 Å². The van der Waals surface area contributed by atoms with Crippen LogP contribution >= 0.6 is 24.4 Å². The van der Waals surface area contributed by atoms with Crippen molar-refractivity contribution in [1.29, 1.82) is 0 Å². The van der Waals surface area contributed by atoms with Crippen molar-refractivity contribution in [2.75, 3.05) is 12.3 Å². The molecule has 0 aromatic heterocycles. The third-order valence-electron chi connectivity index (χ3n) is 0.869. The zero-order chi connectivity index (χ0) is 9.78. The molecule has 0 atom stereocenters. The summed E-state index contributed by atoms with van der Waals surface area (Å²) in [6.45, 7) is -0.00495. The molecule has 12 heavy (non-hydrogen) atoms. The number of thiocarbonyl (C=S) groups is 2. The standard InChI is InChI=1S/C4H8N2O3S3/c5-3(10)4(11)6-1-2-12(7,8)9/h1-2H2,(H2,5,10)(H,6,11)(H,7,8,9). The highest BCUT2D eigenvalue weighted by Gasteiger charge is 2.04. The van der Waals surface area contributed by atoms with Gasteiger partial charge in [-0.2, -0.15) is 8.42 Å². The Morgan fingerprint density at radius 2 is 2.00 bits per heavy atom. The first kappa shape index (κ1) is 11.7. The van der Waals surface area contributed by atoms with Crippen LogP contribution in [-0.4, -0.2) is 35.2 Å². The van der Waals surface area contributed by atoms with E-state index in [4.69, 9.17) is 10.3 Å². The van der Waals surface area contributed by atoms with Crippen LogP contribution in [-0.2, 0) is 10.1 Å². The molecule has 0 saturated heterocycles. The summed E-state index contributed by atoms with van der Waals surface area (Å²) in [4.78, 5) is 0.119. The molecular weight excluding hydrogens is 220 g/mol. The number of nitrogens with one attached hydrogen (secondary N) is 1. The van der Waals surface area contributed by atoms with Crippen molar-refractivity contribution in [2.45, 2.75) is 0 Å². The molecule has 0 unspecified atom stereocenters. The topological polar surface area (TPSA) is 92.4 Å². The Morgan fingerprint density at radius 3 is 2.33 bits per heavy atom. The van der Waals surface area contributed by atoms with Crippen molar-refractivity contribution in [2.24, 2.45) is 5.73 Å². The number of rotatable bonds is 3. The fourth-order valence-corrected chi connectivity index (χ4v) is 0.915. The van der Waals surface area contributed by atoms with Gasteiger partial charge in [-0.1, -0.05) is 24.4 Å². The quantitative estimate of drug-likeness (QED) is 0.425. The molecule has 0 radical (unpaired) electrons. The van der Waals surface area contributed by atoms with Gasteiger partial charge in [-0.25, -0.2) is 0 Å². The van der Waals surface area contributed by atoms with Crippen molar-refractivity contribution in [3.05, 3.63) is 0 Å². The van der Waals surface area contributed by atoms with Crippen LogP contribution in [0.1, 0.15) is 0 Å². The minimum Gasteiger partial charge on any atom is -0.388 e. The Bertz CT molecular complexity index is 284. The minimum atomic E-state index is -3.95. The zero-order valence-corrected chi connectivity index (χ0v) is 8.43. The zero-order valence-electron chi connectivity index (χ0n) is 5.98. The highest BCUT2D eigenvalue weighted by molar-refractivity contribution is 7.89. The summed E-state index contributed by atoms with van der Waals surface area (Å²) in [5.74, 6) is -0.421. The molecule has 0 spiro atoms. The van der Waals surface area contributed by atoms with Gasteiger partial charge in [0.15, 0.2) is 0 Å². The van der Waals surface area contributed by atoms with Crippen LogP contribution in [0, 0.1) is 0 Å². The lowest BCUT2D eigenvalue weighted by Crippen LogP contribution is -2.35. The third-order valence-corrected chi connectivity index (χ3v) is 2.29. The van der Waals surface area contributed by atoms with Gasteiger partial charge >= 0.3 is 0 Å². The second-order valence-electron chi connectivity index (χ2n) is 1.91. The van der Waals surface area contributed by atoms with E-state index in [1.54, 1.807) is 0 Å². The molecule has 0 aliphatic rings. The second-order valence-corrected chi connectivity index (χ2v) is 4.33. The SMILES string of the molecule is NC(=S)C(=S)NCCS(=O)(=O)O. The summed E-state index contributed by atoms with van der Waals surface area (Å²) in [5.41, 5.74) is 5.10. The van der Waals surface area contributed by atoms with Crippen molar-refractivity contribution < 1.29 is 13.0 Å². The largest absolute Gasteiger partial charge is 0.388 e. The van der Waals surface area contributed by atoms with Gasteiger partial charge in [0.2, 0.25) is 0 Å². The predicted molar refractivity (Wildman–Crippen MR) is 53.8 cm³/mol. The van der Waals surface area contributed by atoms with Crippen LogP contribution in [0.2, 0.25) is 0 Å². The summed E-state index contributed by atoms with van der Waals surface area (Å²) < 4.78 is 28.7. The monoisotopic (exact) mass is 228 g/mol. The lowest BCUT2D eigenvalue weighted by molar-refractivity contribution is 0.482. The van der Waals surface area contributed by atoms with Gasteiger partial charge in [0.25, 0.3) is 10.1 Å². The van der Waals surface area contributed by atoms with E-state index >= 15 is 0 Å². The number of hydrogen-bond donors (Lipinski definition) is 3. The Kier molecular flexibility index (Phi) is 4.53. The molecule has 0 aromatic carbocycles. The lowest BCUT2D eigenvalue weighted by atomic mass is 10.6. The molecule has 0 rings (SSSR count). The smallest absolute Gasteiger partial charge is 0.266 e. The first-order chi connectivity index (χ1) is 5.33. The van der Waals surface area contributed by atoms with E-state index in [1.165, 1.54) is 0 Å². The Balaban J connectivity index is 3.73. The Labute approximate surface area is 81.1 Å². The highest BCUT2D eigenvalue weighted by Crippen LogP contribution is 1.80. The van der Waals surface area contributed by atoms with E-state index in [0.717, 1.165) is 0 Å². The molecule has 70 valence electrons. The molecule has 0 fully saturated rings. The van der Waals surface area contributed by atoms with Gasteiger partial charge in [-0.3, -0.25) is 4.55 Å². The average molecular weight is 228 g/mol. The van der Waals surface area contributed by atoms with Crippen LogP contribution in [0.15, 0.2) is 0 Å². The fraction of sp³-hybridized carbons (Fsp3) is 0.500. The van der Waals surface area contributed by atoms with E-state index in [9.17, 15) is 8.42 Å². The summed E-state index contributed by atoms with van der Waals surface area (Å²) >= 11 is 9.10. The molecule has 0 aliphatic heterocycles. The molecule has 0 bridgehead atoms. The Hall–Kier alpha value is -0.310. The lowest BCUT2D eigenvalue weighted by Gasteiger charge is -2.03. The maximum atomic E-state index is 10.2. The maximum absolute atomic E-state index is 10.2. The second kappa shape index (κ2) is 4.65. The van der Waals surface area contributed by atoms with Gasteiger partial charge in [-0.05, 0) is 0 Å².